The Hall–Kier alpha value is -1.85. The third-order valence-corrected chi connectivity index (χ3v) is 5.10. The van der Waals surface area contributed by atoms with Crippen LogP contribution in [-0.4, -0.2) is 19.0 Å². The Labute approximate surface area is 141 Å². The molecule has 1 aromatic carbocycles. The van der Waals surface area contributed by atoms with Gasteiger partial charge in [-0.05, 0) is 52.9 Å². The number of hydrogen-bond acceptors (Lipinski definition) is 4. The monoisotopic (exact) mass is 329 g/mol. The molecule has 5 heteroatoms. The van der Waals surface area contributed by atoms with E-state index in [1.807, 2.05) is 0 Å². The number of nitrogens with one attached hydrogen (secondary N) is 1. The summed E-state index contributed by atoms with van der Waals surface area (Å²) in [6.45, 7) is 3.50. The van der Waals surface area contributed by atoms with Crippen LogP contribution in [0.4, 0.5) is 5.69 Å². The number of amides is 1. The number of anilines is 1. The number of piperidine rings is 1. The van der Waals surface area contributed by atoms with E-state index in [2.05, 4.69) is 51.3 Å². The van der Waals surface area contributed by atoms with Gasteiger partial charge in [-0.2, -0.15) is 11.3 Å². The molecule has 23 heavy (non-hydrogen) atoms. The first-order chi connectivity index (χ1) is 11.2. The average Bonchev–Trinajstić information content (AvgIpc) is 3.09. The van der Waals surface area contributed by atoms with Gasteiger partial charge >= 0.3 is 0 Å². The minimum Gasteiger partial charge on any atom is -0.371 e. The van der Waals surface area contributed by atoms with Crippen molar-refractivity contribution in [3.8, 4) is 0 Å². The number of thiophene rings is 1. The van der Waals surface area contributed by atoms with Crippen LogP contribution in [0.1, 0.15) is 24.0 Å². The molecule has 1 fully saturated rings. The first kappa shape index (κ1) is 16.0. The number of nitrogens with zero attached hydrogens (tertiary/aromatic N) is 1. The SMILES string of the molecule is NC(=O)C1CCCN(c2ccc(CNCc3ccsc3)cc2)C1. The second-order valence-electron chi connectivity index (χ2n) is 6.09. The van der Waals surface area contributed by atoms with Gasteiger partial charge in [0.1, 0.15) is 0 Å². The third-order valence-electron chi connectivity index (χ3n) is 4.36. The molecule has 122 valence electrons. The van der Waals surface area contributed by atoms with Crippen molar-refractivity contribution in [1.82, 2.24) is 5.32 Å². The van der Waals surface area contributed by atoms with Crippen LogP contribution in [0, 0.1) is 5.92 Å². The summed E-state index contributed by atoms with van der Waals surface area (Å²) in [5, 5.41) is 7.73. The molecule has 1 atom stereocenters. The summed E-state index contributed by atoms with van der Waals surface area (Å²) in [6, 6.07) is 10.7. The summed E-state index contributed by atoms with van der Waals surface area (Å²) in [7, 11) is 0. The lowest BCUT2D eigenvalue weighted by Crippen LogP contribution is -2.41. The highest BCUT2D eigenvalue weighted by Gasteiger charge is 2.23. The normalized spacial score (nSPS) is 18.1. The molecule has 2 aromatic rings. The minimum absolute atomic E-state index is 0.0179. The molecular formula is C18H23N3OS. The summed E-state index contributed by atoms with van der Waals surface area (Å²) in [4.78, 5) is 13.7. The lowest BCUT2D eigenvalue weighted by Gasteiger charge is -2.33. The molecule has 0 radical (unpaired) electrons. The first-order valence-corrected chi connectivity index (χ1v) is 9.01. The number of carbonyl (C=O) groups excluding carboxylic acids is 1. The Balaban J connectivity index is 1.53. The van der Waals surface area contributed by atoms with E-state index in [9.17, 15) is 4.79 Å². The second kappa shape index (κ2) is 7.62. The Morgan fingerprint density at radius 2 is 2.00 bits per heavy atom. The largest absolute Gasteiger partial charge is 0.371 e. The van der Waals surface area contributed by atoms with E-state index in [0.29, 0.717) is 0 Å². The van der Waals surface area contributed by atoms with Crippen LogP contribution >= 0.6 is 11.3 Å². The van der Waals surface area contributed by atoms with Crippen molar-refractivity contribution in [1.29, 1.82) is 0 Å². The molecule has 0 spiro atoms. The lowest BCUT2D eigenvalue weighted by molar-refractivity contribution is -0.122. The number of primary amides is 1. The van der Waals surface area contributed by atoms with Gasteiger partial charge in [0.05, 0.1) is 5.92 Å². The van der Waals surface area contributed by atoms with Crippen molar-refractivity contribution >= 4 is 22.9 Å². The van der Waals surface area contributed by atoms with E-state index >= 15 is 0 Å². The van der Waals surface area contributed by atoms with Crippen LogP contribution in [0.5, 0.6) is 0 Å². The molecule has 4 nitrogen and oxygen atoms in total. The number of rotatable bonds is 6. The van der Waals surface area contributed by atoms with Crippen LogP contribution in [0.3, 0.4) is 0 Å². The van der Waals surface area contributed by atoms with E-state index in [1.165, 1.54) is 16.8 Å². The Bertz CT molecular complexity index is 624. The van der Waals surface area contributed by atoms with Crippen LogP contribution in [-0.2, 0) is 17.9 Å². The second-order valence-corrected chi connectivity index (χ2v) is 6.87. The molecule has 0 bridgehead atoms. The van der Waals surface area contributed by atoms with Crippen molar-refractivity contribution in [3.63, 3.8) is 0 Å². The summed E-state index contributed by atoms with van der Waals surface area (Å²) in [5.74, 6) is -0.195. The minimum atomic E-state index is -0.177. The Morgan fingerprint density at radius 1 is 1.22 bits per heavy atom. The maximum atomic E-state index is 11.4. The molecule has 2 heterocycles. The van der Waals surface area contributed by atoms with Crippen LogP contribution in [0.15, 0.2) is 41.1 Å². The molecule has 1 amide bonds. The number of benzene rings is 1. The summed E-state index contributed by atoms with van der Waals surface area (Å²) >= 11 is 1.73. The topological polar surface area (TPSA) is 58.4 Å². The van der Waals surface area contributed by atoms with Crippen molar-refractivity contribution in [2.75, 3.05) is 18.0 Å². The maximum Gasteiger partial charge on any atom is 0.222 e. The number of nitrogens with two attached hydrogens (primary N) is 1. The van der Waals surface area contributed by atoms with E-state index < -0.39 is 0 Å². The molecule has 1 aliphatic rings. The maximum absolute atomic E-state index is 11.4. The Kier molecular flexibility index (Phi) is 5.31. The zero-order chi connectivity index (χ0) is 16.1. The zero-order valence-corrected chi connectivity index (χ0v) is 14.0. The molecule has 3 N–H and O–H groups in total. The standard InChI is InChI=1S/C18H23N3OS/c19-18(22)16-2-1-8-21(12-16)17-5-3-14(4-6-17)10-20-11-15-7-9-23-13-15/h3-7,9,13,16,20H,1-2,8,10-12H2,(H2,19,22). The van der Waals surface area contributed by atoms with Crippen molar-refractivity contribution in [2.45, 2.75) is 25.9 Å². The smallest absolute Gasteiger partial charge is 0.222 e. The van der Waals surface area contributed by atoms with Gasteiger partial charge in [-0.25, -0.2) is 0 Å². The van der Waals surface area contributed by atoms with Gasteiger partial charge in [0.25, 0.3) is 0 Å². The average molecular weight is 329 g/mol. The molecule has 1 unspecified atom stereocenters. The predicted molar refractivity (Wildman–Crippen MR) is 95.4 cm³/mol. The predicted octanol–water partition coefficient (Wildman–Crippen LogP) is 2.74. The zero-order valence-electron chi connectivity index (χ0n) is 13.2. The lowest BCUT2D eigenvalue weighted by atomic mass is 9.97. The van der Waals surface area contributed by atoms with E-state index in [4.69, 9.17) is 5.73 Å². The van der Waals surface area contributed by atoms with E-state index in [-0.39, 0.29) is 11.8 Å². The fraction of sp³-hybridized carbons (Fsp3) is 0.389. The van der Waals surface area contributed by atoms with Gasteiger partial charge in [0.2, 0.25) is 5.91 Å². The molecular weight excluding hydrogens is 306 g/mol. The number of carbonyl (C=O) groups is 1. The highest BCUT2D eigenvalue weighted by Crippen LogP contribution is 2.23. The van der Waals surface area contributed by atoms with Gasteiger partial charge in [-0.15, -0.1) is 0 Å². The fourth-order valence-corrected chi connectivity index (χ4v) is 3.68. The molecule has 1 saturated heterocycles. The van der Waals surface area contributed by atoms with Crippen molar-refractivity contribution in [2.24, 2.45) is 11.7 Å². The van der Waals surface area contributed by atoms with Crippen LogP contribution in [0.25, 0.3) is 0 Å². The van der Waals surface area contributed by atoms with Crippen molar-refractivity contribution in [3.05, 3.63) is 52.2 Å². The van der Waals surface area contributed by atoms with Crippen LogP contribution in [0.2, 0.25) is 0 Å². The molecule has 0 aliphatic carbocycles. The molecule has 1 aromatic heterocycles. The summed E-state index contributed by atoms with van der Waals surface area (Å²) < 4.78 is 0. The fourth-order valence-electron chi connectivity index (χ4n) is 3.01. The summed E-state index contributed by atoms with van der Waals surface area (Å²) in [5.41, 5.74) is 9.23. The molecule has 0 saturated carbocycles. The Morgan fingerprint density at radius 3 is 2.70 bits per heavy atom. The van der Waals surface area contributed by atoms with E-state index in [1.54, 1.807) is 11.3 Å². The van der Waals surface area contributed by atoms with Gasteiger partial charge in [-0.3, -0.25) is 4.79 Å². The van der Waals surface area contributed by atoms with Gasteiger partial charge in [0.15, 0.2) is 0 Å². The van der Waals surface area contributed by atoms with E-state index in [0.717, 1.165) is 39.0 Å². The number of hydrogen-bond donors (Lipinski definition) is 2. The van der Waals surface area contributed by atoms with Crippen molar-refractivity contribution < 1.29 is 4.79 Å². The van der Waals surface area contributed by atoms with Gasteiger partial charge in [-0.1, -0.05) is 12.1 Å². The van der Waals surface area contributed by atoms with Crippen LogP contribution < -0.4 is 16.0 Å². The highest BCUT2D eigenvalue weighted by molar-refractivity contribution is 7.07. The highest BCUT2D eigenvalue weighted by atomic mass is 32.1. The first-order valence-electron chi connectivity index (χ1n) is 8.07. The molecule has 1 aliphatic heterocycles. The molecule has 3 rings (SSSR count). The third kappa shape index (κ3) is 4.33. The van der Waals surface area contributed by atoms with Gasteiger partial charge in [0, 0.05) is 31.9 Å². The quantitative estimate of drug-likeness (QED) is 0.857. The summed E-state index contributed by atoms with van der Waals surface area (Å²) in [6.07, 6.45) is 1.94. The van der Waals surface area contributed by atoms with Gasteiger partial charge < -0.3 is 16.0 Å².